The molecule has 4 rings (SSSR count). The van der Waals surface area contributed by atoms with Gasteiger partial charge in [0, 0.05) is 43.1 Å². The number of carbonyl (C=O) groups excluding carboxylic acids is 1. The number of piperidine rings is 1. The first kappa shape index (κ1) is 23.0. The maximum absolute atomic E-state index is 12.4. The number of hydrogen-bond donors (Lipinski definition) is 0. The van der Waals surface area contributed by atoms with Crippen LogP contribution in [0.2, 0.25) is 0 Å². The number of hydrogen-bond acceptors (Lipinski definition) is 7. The van der Waals surface area contributed by atoms with Crippen molar-refractivity contribution in [3.8, 4) is 16.3 Å². The molecule has 1 aromatic heterocycles. The van der Waals surface area contributed by atoms with Crippen molar-refractivity contribution in [3.63, 3.8) is 0 Å². The minimum atomic E-state index is -3.10. The minimum absolute atomic E-state index is 0.0413. The lowest BCUT2D eigenvalue weighted by molar-refractivity contribution is -0.0272. The molecule has 0 unspecified atom stereocenters. The second-order valence-electron chi connectivity index (χ2n) is 9.79. The van der Waals surface area contributed by atoms with Crippen LogP contribution in [0.25, 0.3) is 10.6 Å². The summed E-state index contributed by atoms with van der Waals surface area (Å²) in [5, 5.41) is 2.62. The van der Waals surface area contributed by atoms with Gasteiger partial charge in [-0.15, -0.1) is 11.3 Å². The van der Waals surface area contributed by atoms with Crippen molar-refractivity contribution < 1.29 is 22.7 Å². The van der Waals surface area contributed by atoms with Gasteiger partial charge in [-0.25, -0.2) is 18.2 Å². The Hall–Kier alpha value is -2.13. The molecule has 0 bridgehead atoms. The van der Waals surface area contributed by atoms with E-state index in [2.05, 4.69) is 11.1 Å². The number of nitrogens with zero attached hydrogens (tertiary/aromatic N) is 2. The van der Waals surface area contributed by atoms with E-state index in [0.717, 1.165) is 47.6 Å². The number of sulfone groups is 1. The van der Waals surface area contributed by atoms with Crippen molar-refractivity contribution in [3.05, 3.63) is 34.8 Å². The fourth-order valence-electron chi connectivity index (χ4n) is 4.20. The predicted octanol–water partition coefficient (Wildman–Crippen LogP) is 4.45. The average Bonchev–Trinajstić information content (AvgIpc) is 3.13. The fourth-order valence-corrected chi connectivity index (χ4v) is 5.81. The van der Waals surface area contributed by atoms with E-state index in [1.807, 2.05) is 32.9 Å². The van der Waals surface area contributed by atoms with Gasteiger partial charge in [-0.3, -0.25) is 0 Å². The lowest BCUT2D eigenvalue weighted by atomic mass is 9.83. The molecule has 1 spiro atoms. The molecule has 2 aromatic rings. The third-order valence-electron chi connectivity index (χ3n) is 5.77. The number of aryl methyl sites for hydroxylation is 1. The predicted molar refractivity (Wildman–Crippen MR) is 125 cm³/mol. The summed E-state index contributed by atoms with van der Waals surface area (Å²) in [6, 6.07) is 6.07. The van der Waals surface area contributed by atoms with E-state index in [4.69, 9.17) is 9.47 Å². The maximum Gasteiger partial charge on any atom is 0.410 e. The van der Waals surface area contributed by atoms with Crippen LogP contribution < -0.4 is 4.74 Å². The van der Waals surface area contributed by atoms with E-state index in [1.54, 1.807) is 10.3 Å². The van der Waals surface area contributed by atoms with Gasteiger partial charge in [0.1, 0.15) is 22.0 Å². The van der Waals surface area contributed by atoms with Gasteiger partial charge in [0.05, 0.1) is 11.4 Å². The Morgan fingerprint density at radius 3 is 2.62 bits per heavy atom. The molecule has 1 amide bonds. The molecule has 9 heteroatoms. The van der Waals surface area contributed by atoms with Crippen LogP contribution in [0.4, 0.5) is 4.79 Å². The smallest absolute Gasteiger partial charge is 0.410 e. The Labute approximate surface area is 193 Å². The summed E-state index contributed by atoms with van der Waals surface area (Å²) < 4.78 is 35.0. The summed E-state index contributed by atoms with van der Waals surface area (Å²) in [5.41, 5.74) is 1.97. The van der Waals surface area contributed by atoms with Crippen LogP contribution in [0.3, 0.4) is 0 Å². The van der Waals surface area contributed by atoms with E-state index < -0.39 is 15.4 Å². The normalized spacial score (nSPS) is 18.2. The minimum Gasteiger partial charge on any atom is -0.487 e. The van der Waals surface area contributed by atoms with Gasteiger partial charge in [-0.1, -0.05) is 0 Å². The molecule has 3 heterocycles. The van der Waals surface area contributed by atoms with Crippen LogP contribution in [0.5, 0.6) is 5.75 Å². The standard InChI is InChI=1S/C23H30N2O5S2/c1-22(2,3)30-21(26)25-11-9-23(10-12-25)8-7-16-13-17(5-6-19(16)29-23)20-24-18(14-31-20)15-32(4,27)28/h5-6,13-14H,7-12,15H2,1-4H3. The summed E-state index contributed by atoms with van der Waals surface area (Å²) in [4.78, 5) is 18.6. The zero-order valence-electron chi connectivity index (χ0n) is 19.0. The van der Waals surface area contributed by atoms with Gasteiger partial charge >= 0.3 is 6.09 Å². The van der Waals surface area contributed by atoms with Gasteiger partial charge < -0.3 is 14.4 Å². The fraction of sp³-hybridized carbons (Fsp3) is 0.565. The zero-order valence-corrected chi connectivity index (χ0v) is 20.6. The summed E-state index contributed by atoms with van der Waals surface area (Å²) >= 11 is 1.46. The Balaban J connectivity index is 1.42. The van der Waals surface area contributed by atoms with E-state index in [-0.39, 0.29) is 17.4 Å². The van der Waals surface area contributed by atoms with Crippen molar-refractivity contribution in [2.24, 2.45) is 0 Å². The van der Waals surface area contributed by atoms with Crippen LogP contribution in [0.1, 0.15) is 51.3 Å². The molecule has 174 valence electrons. The number of fused-ring (bicyclic) bond motifs is 1. The monoisotopic (exact) mass is 478 g/mol. The van der Waals surface area contributed by atoms with Gasteiger partial charge in [0.25, 0.3) is 0 Å². The van der Waals surface area contributed by atoms with E-state index >= 15 is 0 Å². The number of amides is 1. The Morgan fingerprint density at radius 2 is 1.97 bits per heavy atom. The molecule has 1 fully saturated rings. The third-order valence-corrected chi connectivity index (χ3v) is 7.53. The van der Waals surface area contributed by atoms with Crippen LogP contribution in [0.15, 0.2) is 23.6 Å². The number of benzene rings is 1. The van der Waals surface area contributed by atoms with Crippen LogP contribution in [-0.4, -0.2) is 54.9 Å². The first-order chi connectivity index (χ1) is 14.9. The van der Waals surface area contributed by atoms with Gasteiger partial charge in [-0.2, -0.15) is 0 Å². The maximum atomic E-state index is 12.4. The molecule has 1 saturated heterocycles. The topological polar surface area (TPSA) is 85.8 Å². The Morgan fingerprint density at radius 1 is 1.25 bits per heavy atom. The lowest BCUT2D eigenvalue weighted by Gasteiger charge is -2.44. The summed E-state index contributed by atoms with van der Waals surface area (Å²) in [6.45, 7) is 6.90. The molecule has 0 aliphatic carbocycles. The first-order valence-corrected chi connectivity index (χ1v) is 13.8. The zero-order chi connectivity index (χ0) is 23.1. The molecule has 0 saturated carbocycles. The molecule has 32 heavy (non-hydrogen) atoms. The van der Waals surface area contributed by atoms with Crippen molar-refractivity contribution in [2.45, 2.75) is 63.4 Å². The number of ether oxygens (including phenoxy) is 2. The molecular formula is C23H30N2O5S2. The van der Waals surface area contributed by atoms with Crippen molar-refractivity contribution in [1.29, 1.82) is 0 Å². The molecule has 7 nitrogen and oxygen atoms in total. The van der Waals surface area contributed by atoms with E-state index in [9.17, 15) is 13.2 Å². The van der Waals surface area contributed by atoms with Gasteiger partial charge in [0.15, 0.2) is 9.84 Å². The average molecular weight is 479 g/mol. The first-order valence-electron chi connectivity index (χ1n) is 10.8. The van der Waals surface area contributed by atoms with Gasteiger partial charge in [-0.05, 0) is 57.4 Å². The van der Waals surface area contributed by atoms with E-state index in [0.29, 0.717) is 18.8 Å². The highest BCUT2D eigenvalue weighted by molar-refractivity contribution is 7.89. The Bertz CT molecular complexity index is 1110. The second kappa shape index (κ2) is 8.33. The molecule has 0 radical (unpaired) electrons. The SMILES string of the molecule is CC(C)(C)OC(=O)N1CCC2(CCc3cc(-c4nc(CS(C)(=O)=O)cs4)ccc3O2)CC1. The number of rotatable bonds is 3. The highest BCUT2D eigenvalue weighted by atomic mass is 32.2. The number of thiazole rings is 1. The Kier molecular flexibility index (Phi) is 6.00. The van der Waals surface area contributed by atoms with Gasteiger partial charge in [0.2, 0.25) is 0 Å². The van der Waals surface area contributed by atoms with Crippen LogP contribution in [0, 0.1) is 0 Å². The number of carbonyl (C=O) groups is 1. The second-order valence-corrected chi connectivity index (χ2v) is 12.8. The third kappa shape index (κ3) is 5.43. The molecule has 0 atom stereocenters. The van der Waals surface area contributed by atoms with Crippen LogP contribution in [-0.2, 0) is 26.7 Å². The molecule has 1 aromatic carbocycles. The quantitative estimate of drug-likeness (QED) is 0.648. The van der Waals surface area contributed by atoms with E-state index in [1.165, 1.54) is 17.6 Å². The molecule has 2 aliphatic rings. The number of likely N-dealkylation sites (tertiary alicyclic amines) is 1. The largest absolute Gasteiger partial charge is 0.487 e. The summed E-state index contributed by atoms with van der Waals surface area (Å²) in [6.07, 6.45) is 4.34. The highest BCUT2D eigenvalue weighted by Gasteiger charge is 2.41. The molecular weight excluding hydrogens is 448 g/mol. The molecule has 0 N–H and O–H groups in total. The van der Waals surface area contributed by atoms with Crippen molar-refractivity contribution >= 4 is 27.3 Å². The summed E-state index contributed by atoms with van der Waals surface area (Å²) in [7, 11) is -3.10. The van der Waals surface area contributed by atoms with Crippen molar-refractivity contribution in [1.82, 2.24) is 9.88 Å². The molecule has 2 aliphatic heterocycles. The summed E-state index contributed by atoms with van der Waals surface area (Å²) in [5.74, 6) is 0.846. The van der Waals surface area contributed by atoms with Crippen LogP contribution >= 0.6 is 11.3 Å². The number of aromatic nitrogens is 1. The van der Waals surface area contributed by atoms with Crippen molar-refractivity contribution in [2.75, 3.05) is 19.3 Å². The lowest BCUT2D eigenvalue weighted by Crippen LogP contribution is -2.52. The highest BCUT2D eigenvalue weighted by Crippen LogP contribution is 2.41.